The molecule has 3 N–H and O–H groups in total. The second kappa shape index (κ2) is 3.34. The number of phenols is 1. The summed E-state index contributed by atoms with van der Waals surface area (Å²) in [4.78, 5) is -0.236. The van der Waals surface area contributed by atoms with Crippen LogP contribution in [0.25, 0.3) is 0 Å². The first kappa shape index (κ1) is 10.6. The molecule has 0 spiro atoms. The first-order chi connectivity index (χ1) is 5.82. The van der Waals surface area contributed by atoms with Crippen LogP contribution in [0.15, 0.2) is 17.0 Å². The molecule has 0 bridgehead atoms. The summed E-state index contributed by atoms with van der Waals surface area (Å²) in [5.74, 6) is -0.365. The molecule has 0 fully saturated rings. The summed E-state index contributed by atoms with van der Waals surface area (Å²) < 4.78 is 21.7. The number of benzene rings is 1. The van der Waals surface area contributed by atoms with Crippen LogP contribution in [-0.2, 0) is 10.0 Å². The molecule has 0 radical (unpaired) electrons. The predicted octanol–water partition coefficient (Wildman–Crippen LogP) is 1.35. The fraction of sp³-hybridized carbons (Fsp3) is 0. The van der Waals surface area contributed by atoms with E-state index in [1.807, 2.05) is 0 Å². The van der Waals surface area contributed by atoms with E-state index in [-0.39, 0.29) is 20.7 Å². The van der Waals surface area contributed by atoms with Gasteiger partial charge in [0.2, 0.25) is 10.0 Å². The molecule has 1 aromatic rings. The Kier molecular flexibility index (Phi) is 2.72. The molecule has 0 aromatic heterocycles. The largest absolute Gasteiger partial charge is 0.505 e. The zero-order valence-electron chi connectivity index (χ0n) is 6.16. The molecule has 1 aromatic carbocycles. The molecule has 4 nitrogen and oxygen atoms in total. The summed E-state index contributed by atoms with van der Waals surface area (Å²) in [5.41, 5.74) is 0. The number of sulfonamides is 1. The Labute approximate surface area is 84.9 Å². The first-order valence-electron chi connectivity index (χ1n) is 3.03. The van der Waals surface area contributed by atoms with E-state index in [0.29, 0.717) is 0 Å². The van der Waals surface area contributed by atoms with Crippen LogP contribution in [0.5, 0.6) is 5.75 Å². The fourth-order valence-corrected chi connectivity index (χ4v) is 1.89. The standard InChI is InChI=1S/C6H5Cl2NO3S/c7-4-1-3(13(9,11)12)2-5(8)6(4)10/h1-2,10H,(H2,9,11,12). The van der Waals surface area contributed by atoms with Crippen LogP contribution >= 0.6 is 23.2 Å². The van der Waals surface area contributed by atoms with Gasteiger partial charge in [0, 0.05) is 0 Å². The van der Waals surface area contributed by atoms with Gasteiger partial charge in [-0.15, -0.1) is 0 Å². The molecule has 0 atom stereocenters. The SMILES string of the molecule is NS(=O)(=O)c1cc(Cl)c(O)c(Cl)c1. The van der Waals surface area contributed by atoms with Crippen molar-refractivity contribution < 1.29 is 13.5 Å². The van der Waals surface area contributed by atoms with Crippen LogP contribution in [0, 0.1) is 0 Å². The minimum atomic E-state index is -3.84. The third-order valence-corrected chi connectivity index (χ3v) is 2.79. The van der Waals surface area contributed by atoms with E-state index in [1.165, 1.54) is 0 Å². The lowest BCUT2D eigenvalue weighted by molar-refractivity contribution is 0.475. The summed E-state index contributed by atoms with van der Waals surface area (Å²) in [6.45, 7) is 0. The monoisotopic (exact) mass is 241 g/mol. The zero-order valence-corrected chi connectivity index (χ0v) is 8.49. The molecule has 0 amide bonds. The van der Waals surface area contributed by atoms with Crippen molar-refractivity contribution in [3.05, 3.63) is 22.2 Å². The topological polar surface area (TPSA) is 80.4 Å². The van der Waals surface area contributed by atoms with Gasteiger partial charge in [0.25, 0.3) is 0 Å². The van der Waals surface area contributed by atoms with Gasteiger partial charge in [0.15, 0.2) is 5.75 Å². The van der Waals surface area contributed by atoms with Crippen molar-refractivity contribution in [3.63, 3.8) is 0 Å². The molecule has 1 rings (SSSR count). The fourth-order valence-electron chi connectivity index (χ4n) is 0.707. The van der Waals surface area contributed by atoms with E-state index in [0.717, 1.165) is 12.1 Å². The van der Waals surface area contributed by atoms with E-state index >= 15 is 0 Å². The van der Waals surface area contributed by atoms with Gasteiger partial charge >= 0.3 is 0 Å². The van der Waals surface area contributed by atoms with Crippen LogP contribution < -0.4 is 5.14 Å². The van der Waals surface area contributed by atoms with Gasteiger partial charge < -0.3 is 5.11 Å². The second-order valence-corrected chi connectivity index (χ2v) is 4.66. The molecule has 7 heteroatoms. The van der Waals surface area contributed by atoms with Crippen molar-refractivity contribution in [3.8, 4) is 5.75 Å². The third kappa shape index (κ3) is 2.25. The summed E-state index contributed by atoms with van der Waals surface area (Å²) in [6.07, 6.45) is 0. The van der Waals surface area contributed by atoms with Crippen molar-refractivity contribution in [2.75, 3.05) is 0 Å². The van der Waals surface area contributed by atoms with Crippen LogP contribution in [0.4, 0.5) is 0 Å². The minimum absolute atomic E-state index is 0.156. The number of hydrogen-bond donors (Lipinski definition) is 2. The van der Waals surface area contributed by atoms with Crippen molar-refractivity contribution >= 4 is 33.2 Å². The highest BCUT2D eigenvalue weighted by atomic mass is 35.5. The molecule has 0 aliphatic carbocycles. The van der Waals surface area contributed by atoms with E-state index < -0.39 is 10.0 Å². The Morgan fingerprint density at radius 3 is 1.92 bits per heavy atom. The molecule has 0 saturated heterocycles. The van der Waals surface area contributed by atoms with Crippen molar-refractivity contribution in [2.24, 2.45) is 5.14 Å². The molecule has 0 unspecified atom stereocenters. The summed E-state index contributed by atoms with van der Waals surface area (Å²) in [6, 6.07) is 2.05. The zero-order chi connectivity index (χ0) is 10.2. The number of phenolic OH excluding ortho intramolecular Hbond substituents is 1. The van der Waals surface area contributed by atoms with Gasteiger partial charge in [-0.2, -0.15) is 0 Å². The van der Waals surface area contributed by atoms with Gasteiger partial charge in [-0.3, -0.25) is 0 Å². The number of rotatable bonds is 1. The average Bonchev–Trinajstić information content (AvgIpc) is 1.97. The lowest BCUT2D eigenvalue weighted by atomic mass is 10.3. The first-order valence-corrected chi connectivity index (χ1v) is 5.33. The van der Waals surface area contributed by atoms with Crippen LogP contribution in [-0.4, -0.2) is 13.5 Å². The Balaban J connectivity index is 3.47. The minimum Gasteiger partial charge on any atom is -0.505 e. The highest BCUT2D eigenvalue weighted by Crippen LogP contribution is 2.33. The smallest absolute Gasteiger partial charge is 0.238 e. The number of halogens is 2. The van der Waals surface area contributed by atoms with Crippen molar-refractivity contribution in [1.82, 2.24) is 0 Å². The summed E-state index contributed by atoms with van der Waals surface area (Å²) >= 11 is 10.9. The van der Waals surface area contributed by atoms with Crippen LogP contribution in [0.3, 0.4) is 0 Å². The molecular formula is C6H5Cl2NO3S. The maximum absolute atomic E-state index is 10.8. The van der Waals surface area contributed by atoms with Crippen LogP contribution in [0.2, 0.25) is 10.0 Å². The Morgan fingerprint density at radius 1 is 1.23 bits per heavy atom. The molecular weight excluding hydrogens is 237 g/mol. The van der Waals surface area contributed by atoms with Gasteiger partial charge in [0.1, 0.15) is 0 Å². The Bertz CT molecular complexity index is 420. The number of hydrogen-bond acceptors (Lipinski definition) is 3. The highest BCUT2D eigenvalue weighted by molar-refractivity contribution is 7.89. The molecule has 13 heavy (non-hydrogen) atoms. The maximum atomic E-state index is 10.8. The lowest BCUT2D eigenvalue weighted by Crippen LogP contribution is -2.11. The van der Waals surface area contributed by atoms with Gasteiger partial charge in [-0.05, 0) is 12.1 Å². The molecule has 0 aliphatic rings. The highest BCUT2D eigenvalue weighted by Gasteiger charge is 2.13. The van der Waals surface area contributed by atoms with E-state index in [2.05, 4.69) is 0 Å². The van der Waals surface area contributed by atoms with Gasteiger partial charge in [-0.25, -0.2) is 13.6 Å². The Morgan fingerprint density at radius 2 is 1.62 bits per heavy atom. The van der Waals surface area contributed by atoms with Crippen molar-refractivity contribution in [1.29, 1.82) is 0 Å². The quantitative estimate of drug-likeness (QED) is 0.779. The molecule has 0 aliphatic heterocycles. The van der Waals surface area contributed by atoms with E-state index in [9.17, 15) is 8.42 Å². The maximum Gasteiger partial charge on any atom is 0.238 e. The van der Waals surface area contributed by atoms with E-state index in [4.69, 9.17) is 33.4 Å². The third-order valence-electron chi connectivity index (χ3n) is 1.32. The van der Waals surface area contributed by atoms with Gasteiger partial charge in [-0.1, -0.05) is 23.2 Å². The summed E-state index contributed by atoms with van der Waals surface area (Å²) in [5, 5.41) is 13.6. The number of aromatic hydroxyl groups is 1. The second-order valence-electron chi connectivity index (χ2n) is 2.28. The number of nitrogens with two attached hydrogens (primary N) is 1. The van der Waals surface area contributed by atoms with Crippen molar-refractivity contribution in [2.45, 2.75) is 4.90 Å². The molecule has 0 saturated carbocycles. The van der Waals surface area contributed by atoms with Gasteiger partial charge in [0.05, 0.1) is 14.9 Å². The lowest BCUT2D eigenvalue weighted by Gasteiger charge is -2.02. The molecule has 72 valence electrons. The van der Waals surface area contributed by atoms with Crippen LogP contribution in [0.1, 0.15) is 0 Å². The summed E-state index contributed by atoms with van der Waals surface area (Å²) in [7, 11) is -3.84. The predicted molar refractivity (Wildman–Crippen MR) is 49.5 cm³/mol. The Hall–Kier alpha value is -0.490. The normalized spacial score (nSPS) is 11.6. The van der Waals surface area contributed by atoms with E-state index in [1.54, 1.807) is 0 Å². The molecule has 0 heterocycles. The average molecular weight is 242 g/mol. The number of primary sulfonamides is 1.